The van der Waals surface area contributed by atoms with Crippen LogP contribution < -0.4 is 0 Å². The molecule has 12 heteroatoms. The second-order valence-electron chi connectivity index (χ2n) is 15.4. The molecule has 0 aromatic heterocycles. The normalized spacial score (nSPS) is 22.3. The molecule has 0 atom stereocenters. The van der Waals surface area contributed by atoms with Gasteiger partial charge in [-0.15, -0.1) is 0 Å². The third kappa shape index (κ3) is 9.35. The molecule has 0 aromatic rings. The summed E-state index contributed by atoms with van der Waals surface area (Å²) >= 11 is 0. The lowest BCUT2D eigenvalue weighted by Crippen LogP contribution is -2.34. The van der Waals surface area contributed by atoms with Crippen molar-refractivity contribution in [1.82, 2.24) is 9.80 Å². The van der Waals surface area contributed by atoms with Crippen LogP contribution in [0.2, 0.25) is 0 Å². The van der Waals surface area contributed by atoms with Crippen LogP contribution in [-0.2, 0) is 23.9 Å². The molecule has 2 saturated heterocycles. The van der Waals surface area contributed by atoms with E-state index in [-0.39, 0.29) is 58.3 Å². The Morgan fingerprint density at radius 3 is 1.56 bits per heavy atom. The number of rotatable bonds is 13. The molecule has 0 aromatic carbocycles. The molecule has 272 valence electrons. The number of unbranched alkanes of at least 4 members (excludes halogenated alkanes) is 3. The van der Waals surface area contributed by atoms with Crippen LogP contribution in [0.3, 0.4) is 0 Å². The fourth-order valence-corrected chi connectivity index (χ4v) is 7.73. The van der Waals surface area contributed by atoms with E-state index >= 15 is 0 Å². The number of hydrogen-bond acceptors (Lipinski definition) is 11. The molecule has 0 saturated carbocycles. The maximum Gasteiger partial charge on any atom is 0.349 e. The van der Waals surface area contributed by atoms with E-state index in [0.29, 0.717) is 56.2 Å². The number of aliphatic hydroxyl groups is 2. The van der Waals surface area contributed by atoms with Gasteiger partial charge in [0.2, 0.25) is 0 Å². The first-order valence-electron chi connectivity index (χ1n) is 17.9. The fraction of sp³-hybridized carbons (Fsp3) is 0.658. The summed E-state index contributed by atoms with van der Waals surface area (Å²) in [6, 6.07) is 3.90. The number of esters is 2. The largest absolute Gasteiger partial charge is 0.478 e. The monoisotopic (exact) mass is 692 g/mol. The minimum Gasteiger partial charge on any atom is -0.478 e. The van der Waals surface area contributed by atoms with Gasteiger partial charge in [-0.2, -0.15) is 10.5 Å². The quantitative estimate of drug-likeness (QED) is 0.0772. The molecule has 0 amide bonds. The van der Waals surface area contributed by atoms with Gasteiger partial charge in [0, 0.05) is 43.1 Å². The molecule has 0 bridgehead atoms. The van der Waals surface area contributed by atoms with Crippen molar-refractivity contribution in [2.24, 2.45) is 10.8 Å². The molecular weight excluding hydrogens is 640 g/mol. The highest BCUT2D eigenvalue weighted by Gasteiger charge is 2.40. The van der Waals surface area contributed by atoms with Crippen molar-refractivity contribution in [3.8, 4) is 12.1 Å². The summed E-state index contributed by atoms with van der Waals surface area (Å²) in [5.41, 5.74) is 1.21. The molecule has 12 nitrogen and oxygen atoms in total. The first-order chi connectivity index (χ1) is 23.7. The van der Waals surface area contributed by atoms with Crippen molar-refractivity contribution in [2.45, 2.75) is 111 Å². The minimum atomic E-state index is -1.82. The number of nitriles is 2. The number of carbonyl (C=O) groups excluding carboxylic acids is 2. The Bertz CT molecular complexity index is 1540. The van der Waals surface area contributed by atoms with Gasteiger partial charge in [-0.05, 0) is 99.0 Å². The molecule has 2 aliphatic carbocycles. The van der Waals surface area contributed by atoms with E-state index in [1.807, 2.05) is 39.8 Å². The molecule has 50 heavy (non-hydrogen) atoms. The average molecular weight is 693 g/mol. The van der Waals surface area contributed by atoms with E-state index in [9.17, 15) is 40.2 Å². The maximum atomic E-state index is 13.1. The highest BCUT2D eigenvalue weighted by atomic mass is 16.5. The van der Waals surface area contributed by atoms with Crippen molar-refractivity contribution in [2.75, 3.05) is 39.4 Å². The minimum absolute atomic E-state index is 0.0449. The van der Waals surface area contributed by atoms with E-state index in [4.69, 9.17) is 9.47 Å². The van der Waals surface area contributed by atoms with Gasteiger partial charge in [0.25, 0.3) is 0 Å². The SMILES string of the molecule is CC1(C)CC(N2CCCC2)=C(C(=O)O)/C(=C(\C#N)C(=O)OCCCCCCOC(=O)/C(C#N)=C2\CC(C)(C)CC(N3CCCC3)=C2C(O)O)C1. The van der Waals surface area contributed by atoms with Gasteiger partial charge < -0.3 is 34.6 Å². The molecule has 0 radical (unpaired) electrons. The van der Waals surface area contributed by atoms with Crippen LogP contribution in [0, 0.1) is 33.5 Å². The van der Waals surface area contributed by atoms with Gasteiger partial charge in [0.05, 0.1) is 18.8 Å². The molecule has 3 N–H and O–H groups in total. The Kier molecular flexibility index (Phi) is 12.9. The zero-order chi connectivity index (χ0) is 36.6. The zero-order valence-electron chi connectivity index (χ0n) is 30.0. The Morgan fingerprint density at radius 2 is 1.12 bits per heavy atom. The maximum absolute atomic E-state index is 13.1. The summed E-state index contributed by atoms with van der Waals surface area (Å²) in [4.78, 5) is 42.7. The summed E-state index contributed by atoms with van der Waals surface area (Å²) < 4.78 is 10.9. The molecule has 4 rings (SSSR count). The van der Waals surface area contributed by atoms with Crippen molar-refractivity contribution in [1.29, 1.82) is 10.5 Å². The second kappa shape index (κ2) is 16.7. The molecule has 4 aliphatic rings. The van der Waals surface area contributed by atoms with Crippen LogP contribution >= 0.6 is 0 Å². The van der Waals surface area contributed by atoms with Gasteiger partial charge in [0.1, 0.15) is 23.3 Å². The lowest BCUT2D eigenvalue weighted by molar-refractivity contribution is -0.140. The predicted molar refractivity (Wildman–Crippen MR) is 183 cm³/mol. The molecule has 2 heterocycles. The Labute approximate surface area is 295 Å². The number of carboxylic acids is 1. The van der Waals surface area contributed by atoms with Crippen LogP contribution in [0.4, 0.5) is 0 Å². The van der Waals surface area contributed by atoms with Crippen LogP contribution in [0.25, 0.3) is 0 Å². The number of carbonyl (C=O) groups is 3. The van der Waals surface area contributed by atoms with Gasteiger partial charge in [-0.25, -0.2) is 14.4 Å². The van der Waals surface area contributed by atoms with Crippen molar-refractivity contribution in [3.05, 3.63) is 44.8 Å². The number of ether oxygens (including phenoxy) is 2. The smallest absolute Gasteiger partial charge is 0.349 e. The predicted octanol–water partition coefficient (Wildman–Crippen LogP) is 5.01. The Morgan fingerprint density at radius 1 is 0.700 bits per heavy atom. The van der Waals surface area contributed by atoms with Crippen LogP contribution in [0.5, 0.6) is 0 Å². The Balaban J connectivity index is 1.32. The second-order valence-corrected chi connectivity index (χ2v) is 15.4. The number of carboxylic acid groups (broad SMARTS) is 1. The van der Waals surface area contributed by atoms with Crippen molar-refractivity contribution in [3.63, 3.8) is 0 Å². The van der Waals surface area contributed by atoms with E-state index in [2.05, 4.69) is 9.80 Å². The molecule has 2 fully saturated rings. The lowest BCUT2D eigenvalue weighted by atomic mass is 9.72. The van der Waals surface area contributed by atoms with Crippen LogP contribution in [0.1, 0.15) is 105 Å². The van der Waals surface area contributed by atoms with E-state index in [1.54, 1.807) is 0 Å². The van der Waals surface area contributed by atoms with Gasteiger partial charge >= 0.3 is 17.9 Å². The first kappa shape index (κ1) is 38.7. The summed E-state index contributed by atoms with van der Waals surface area (Å²) in [6.07, 6.45) is 6.16. The number of likely N-dealkylation sites (tertiary alicyclic amines) is 2. The van der Waals surface area contributed by atoms with Crippen LogP contribution in [-0.4, -0.2) is 88.7 Å². The van der Waals surface area contributed by atoms with Crippen molar-refractivity contribution >= 4 is 17.9 Å². The highest BCUT2D eigenvalue weighted by Crippen LogP contribution is 2.46. The summed E-state index contributed by atoms with van der Waals surface area (Å²) in [7, 11) is 0. The average Bonchev–Trinajstić information content (AvgIpc) is 3.77. The van der Waals surface area contributed by atoms with E-state index in [1.165, 1.54) is 0 Å². The number of nitrogens with zero attached hydrogens (tertiary/aromatic N) is 4. The standard InChI is InChI=1S/C38H52N4O8/c1-37(2)19-25(31(33(43)44)29(21-37)41-13-7-8-14-41)27(23-39)35(47)49-17-11-5-6-12-18-50-36(48)28(24-40)26-20-38(3,4)22-30(32(26)34(45)46)42-15-9-10-16-42/h33,43-44H,5-22H2,1-4H3,(H,45,46)/b27-25+,28-26+. The Hall–Kier alpha value is -4.13. The topological polar surface area (TPSA) is 184 Å². The van der Waals surface area contributed by atoms with Gasteiger partial charge in [-0.3, -0.25) is 0 Å². The van der Waals surface area contributed by atoms with Crippen LogP contribution in [0.15, 0.2) is 44.8 Å². The number of allylic oxidation sites excluding steroid dienone is 2. The number of aliphatic hydroxyl groups excluding tert-OH is 1. The van der Waals surface area contributed by atoms with E-state index in [0.717, 1.165) is 57.6 Å². The lowest BCUT2D eigenvalue weighted by Gasteiger charge is -2.39. The summed E-state index contributed by atoms with van der Waals surface area (Å²) in [6.45, 7) is 11.3. The van der Waals surface area contributed by atoms with Crippen molar-refractivity contribution < 1.29 is 39.2 Å². The number of hydrogen-bond donors (Lipinski definition) is 3. The molecule has 0 spiro atoms. The van der Waals surface area contributed by atoms with Gasteiger partial charge in [0.15, 0.2) is 6.29 Å². The first-order valence-corrected chi connectivity index (χ1v) is 17.9. The van der Waals surface area contributed by atoms with Gasteiger partial charge in [-0.1, -0.05) is 27.7 Å². The fourth-order valence-electron chi connectivity index (χ4n) is 7.73. The summed E-state index contributed by atoms with van der Waals surface area (Å²) in [5, 5.41) is 50.8. The zero-order valence-corrected chi connectivity index (χ0v) is 30.0. The summed E-state index contributed by atoms with van der Waals surface area (Å²) in [5.74, 6) is -2.77. The third-order valence-electron chi connectivity index (χ3n) is 10.0. The highest BCUT2D eigenvalue weighted by molar-refractivity contribution is 6.01. The molecule has 0 unspecified atom stereocenters. The third-order valence-corrected chi connectivity index (χ3v) is 10.0. The molecule has 2 aliphatic heterocycles. The molecular formula is C38H52N4O8. The number of aliphatic carboxylic acids is 1. The van der Waals surface area contributed by atoms with E-state index < -0.39 is 24.2 Å².